The molecule has 0 aromatic heterocycles. The highest BCUT2D eigenvalue weighted by atomic mass is 19.1. The van der Waals surface area contributed by atoms with Crippen LogP contribution >= 0.6 is 0 Å². The van der Waals surface area contributed by atoms with E-state index < -0.39 is 29.7 Å². The van der Waals surface area contributed by atoms with Crippen LogP contribution in [-0.4, -0.2) is 60.1 Å². The van der Waals surface area contributed by atoms with Gasteiger partial charge in [-0.05, 0) is 24.6 Å². The number of anilines is 1. The van der Waals surface area contributed by atoms with E-state index in [1.165, 1.54) is 21.9 Å². The highest BCUT2D eigenvalue weighted by Crippen LogP contribution is 2.29. The van der Waals surface area contributed by atoms with E-state index in [4.69, 9.17) is 4.74 Å². The van der Waals surface area contributed by atoms with Crippen molar-refractivity contribution < 1.29 is 28.6 Å². The van der Waals surface area contributed by atoms with Crippen molar-refractivity contribution in [2.24, 2.45) is 5.92 Å². The highest BCUT2D eigenvalue weighted by Gasteiger charge is 2.42. The fraction of sp³-hybridized carbons (Fsp3) is 0.471. The average Bonchev–Trinajstić information content (AvgIpc) is 2.96. The molecule has 0 radical (unpaired) electrons. The molecule has 0 unspecified atom stereocenters. The number of hydrogen-bond donors (Lipinski definition) is 1. The summed E-state index contributed by atoms with van der Waals surface area (Å²) < 4.78 is 19.3. The Labute approximate surface area is 144 Å². The molecule has 0 aliphatic carbocycles. The van der Waals surface area contributed by atoms with Crippen molar-refractivity contribution >= 4 is 23.5 Å². The average molecular weight is 350 g/mol. The van der Waals surface area contributed by atoms with Crippen LogP contribution in [0.15, 0.2) is 18.2 Å². The Morgan fingerprint density at radius 1 is 1.36 bits per heavy atom. The maximum atomic E-state index is 14.1. The minimum Gasteiger partial charge on any atom is -0.480 e. The maximum Gasteiger partial charge on any atom is 0.328 e. The van der Waals surface area contributed by atoms with Crippen molar-refractivity contribution in [1.82, 2.24) is 4.90 Å². The molecule has 3 rings (SSSR count). The van der Waals surface area contributed by atoms with Gasteiger partial charge in [-0.3, -0.25) is 9.59 Å². The Balaban J connectivity index is 1.77. The summed E-state index contributed by atoms with van der Waals surface area (Å²) in [5.74, 6) is -3.09. The molecule has 25 heavy (non-hydrogen) atoms. The van der Waals surface area contributed by atoms with Gasteiger partial charge >= 0.3 is 5.97 Å². The van der Waals surface area contributed by atoms with Crippen molar-refractivity contribution in [2.75, 3.05) is 31.2 Å². The molecular formula is C17H19FN2O5. The molecule has 1 aromatic rings. The molecule has 0 bridgehead atoms. The van der Waals surface area contributed by atoms with E-state index in [2.05, 4.69) is 0 Å². The first-order chi connectivity index (χ1) is 11.9. The SMILES string of the molecule is Cc1ccc(N2C[C@@H](C(=O)N3CCOC[C@@H]3C(=O)O)CC2=O)c(F)c1. The third-order valence-electron chi connectivity index (χ3n) is 4.56. The first-order valence-corrected chi connectivity index (χ1v) is 8.06. The van der Waals surface area contributed by atoms with Crippen LogP contribution in [0.1, 0.15) is 12.0 Å². The molecule has 2 saturated heterocycles. The maximum absolute atomic E-state index is 14.1. The van der Waals surface area contributed by atoms with Crippen molar-refractivity contribution in [1.29, 1.82) is 0 Å². The quantitative estimate of drug-likeness (QED) is 0.871. The second-order valence-corrected chi connectivity index (χ2v) is 6.32. The number of halogens is 1. The number of amides is 2. The Kier molecular flexibility index (Phi) is 4.71. The molecule has 2 aliphatic heterocycles. The van der Waals surface area contributed by atoms with Crippen LogP contribution < -0.4 is 4.90 Å². The second-order valence-electron chi connectivity index (χ2n) is 6.32. The van der Waals surface area contributed by atoms with E-state index in [0.717, 1.165) is 5.56 Å². The van der Waals surface area contributed by atoms with Crippen molar-refractivity contribution in [2.45, 2.75) is 19.4 Å². The normalized spacial score (nSPS) is 23.8. The van der Waals surface area contributed by atoms with Crippen molar-refractivity contribution in [3.05, 3.63) is 29.6 Å². The Morgan fingerprint density at radius 3 is 2.80 bits per heavy atom. The number of aryl methyl sites for hydroxylation is 1. The molecule has 2 atom stereocenters. The largest absolute Gasteiger partial charge is 0.480 e. The fourth-order valence-electron chi connectivity index (χ4n) is 3.24. The van der Waals surface area contributed by atoms with E-state index in [-0.39, 0.29) is 44.3 Å². The first-order valence-electron chi connectivity index (χ1n) is 8.06. The summed E-state index contributed by atoms with van der Waals surface area (Å²) >= 11 is 0. The lowest BCUT2D eigenvalue weighted by molar-refractivity contribution is -0.160. The van der Waals surface area contributed by atoms with E-state index in [9.17, 15) is 23.9 Å². The number of ether oxygens (including phenoxy) is 1. The number of carbonyl (C=O) groups is 3. The number of benzene rings is 1. The smallest absolute Gasteiger partial charge is 0.328 e. The zero-order valence-electron chi connectivity index (χ0n) is 13.8. The van der Waals surface area contributed by atoms with E-state index in [1.54, 1.807) is 13.0 Å². The van der Waals surface area contributed by atoms with E-state index in [1.807, 2.05) is 0 Å². The van der Waals surface area contributed by atoms with Gasteiger partial charge in [-0.25, -0.2) is 9.18 Å². The predicted molar refractivity (Wildman–Crippen MR) is 85.6 cm³/mol. The summed E-state index contributed by atoms with van der Waals surface area (Å²) in [6.07, 6.45) is -0.0597. The van der Waals surface area contributed by atoms with Crippen LogP contribution in [0.5, 0.6) is 0 Å². The zero-order chi connectivity index (χ0) is 18.1. The topological polar surface area (TPSA) is 87.2 Å². The summed E-state index contributed by atoms with van der Waals surface area (Å²) in [5, 5.41) is 9.24. The van der Waals surface area contributed by atoms with Gasteiger partial charge in [0.2, 0.25) is 11.8 Å². The monoisotopic (exact) mass is 350 g/mol. The first kappa shape index (κ1) is 17.3. The number of nitrogens with zero attached hydrogens (tertiary/aromatic N) is 2. The van der Waals surface area contributed by atoms with Gasteiger partial charge in [0.05, 0.1) is 24.8 Å². The summed E-state index contributed by atoms with van der Waals surface area (Å²) in [6, 6.07) is 3.50. The number of morpholine rings is 1. The molecule has 2 aliphatic rings. The van der Waals surface area contributed by atoms with Gasteiger partial charge in [-0.1, -0.05) is 6.07 Å². The third kappa shape index (κ3) is 3.34. The molecule has 2 heterocycles. The Bertz CT molecular complexity index is 723. The highest BCUT2D eigenvalue weighted by molar-refractivity contribution is 6.01. The van der Waals surface area contributed by atoms with E-state index in [0.29, 0.717) is 0 Å². The molecule has 1 N–H and O–H groups in total. The number of carboxylic acid groups (broad SMARTS) is 1. The molecule has 7 nitrogen and oxygen atoms in total. The minimum atomic E-state index is -1.14. The Hall–Kier alpha value is -2.48. The van der Waals surface area contributed by atoms with Crippen molar-refractivity contribution in [3.63, 3.8) is 0 Å². The number of hydrogen-bond acceptors (Lipinski definition) is 4. The lowest BCUT2D eigenvalue weighted by atomic mass is 10.1. The molecular weight excluding hydrogens is 331 g/mol. The molecule has 2 fully saturated rings. The summed E-state index contributed by atoms with van der Waals surface area (Å²) in [6.45, 7) is 2.14. The molecule has 0 saturated carbocycles. The summed E-state index contributed by atoms with van der Waals surface area (Å²) in [7, 11) is 0. The number of rotatable bonds is 3. The number of aliphatic carboxylic acids is 1. The van der Waals surface area contributed by atoms with Crippen LogP contribution in [-0.2, 0) is 19.1 Å². The lowest BCUT2D eigenvalue weighted by Gasteiger charge is -2.34. The van der Waals surface area contributed by atoms with E-state index >= 15 is 0 Å². The number of carboxylic acids is 1. The standard InChI is InChI=1S/C17H19FN2O5/c1-10-2-3-13(12(18)6-10)20-8-11(7-15(20)21)16(22)19-4-5-25-9-14(19)17(23)24/h2-3,6,11,14H,4-5,7-9H2,1H3,(H,23,24)/t11-,14+/m0/s1. The van der Waals surface area contributed by atoms with Gasteiger partial charge in [0, 0.05) is 19.5 Å². The second kappa shape index (κ2) is 6.79. The predicted octanol–water partition coefficient (Wildman–Crippen LogP) is 0.799. The number of carbonyl (C=O) groups excluding carboxylic acids is 2. The van der Waals surface area contributed by atoms with Crippen LogP contribution in [0.2, 0.25) is 0 Å². The zero-order valence-corrected chi connectivity index (χ0v) is 13.8. The van der Waals surface area contributed by atoms with Crippen LogP contribution in [0.4, 0.5) is 10.1 Å². The van der Waals surface area contributed by atoms with Crippen LogP contribution in [0, 0.1) is 18.7 Å². The summed E-state index contributed by atoms with van der Waals surface area (Å²) in [5.41, 5.74) is 0.876. The van der Waals surface area contributed by atoms with Gasteiger partial charge in [0.25, 0.3) is 0 Å². The molecule has 0 spiro atoms. The fourth-order valence-corrected chi connectivity index (χ4v) is 3.24. The molecule has 8 heteroatoms. The van der Waals surface area contributed by atoms with Crippen molar-refractivity contribution in [3.8, 4) is 0 Å². The summed E-state index contributed by atoms with van der Waals surface area (Å²) in [4.78, 5) is 38.8. The van der Waals surface area contributed by atoms with Gasteiger partial charge < -0.3 is 19.6 Å². The van der Waals surface area contributed by atoms with Gasteiger partial charge in [0.1, 0.15) is 5.82 Å². The third-order valence-corrected chi connectivity index (χ3v) is 4.56. The Morgan fingerprint density at radius 2 is 2.12 bits per heavy atom. The van der Waals surface area contributed by atoms with Gasteiger partial charge in [-0.15, -0.1) is 0 Å². The molecule has 134 valence electrons. The van der Waals surface area contributed by atoms with Gasteiger partial charge in [-0.2, -0.15) is 0 Å². The van der Waals surface area contributed by atoms with Gasteiger partial charge in [0.15, 0.2) is 6.04 Å². The molecule has 2 amide bonds. The molecule has 1 aromatic carbocycles. The minimum absolute atomic E-state index is 0.0430. The lowest BCUT2D eigenvalue weighted by Crippen LogP contribution is -2.54. The van der Waals surface area contributed by atoms with Crippen LogP contribution in [0.3, 0.4) is 0 Å². The van der Waals surface area contributed by atoms with Crippen LogP contribution in [0.25, 0.3) is 0 Å².